The quantitative estimate of drug-likeness (QED) is 0.125. The Morgan fingerprint density at radius 1 is 0.250 bits per heavy atom. The van der Waals surface area contributed by atoms with Crippen LogP contribution in [0.5, 0.6) is 0 Å². The van der Waals surface area contributed by atoms with Crippen LogP contribution >= 0.6 is 0 Å². The zero-order valence-electron chi connectivity index (χ0n) is 26.9. The van der Waals surface area contributed by atoms with Gasteiger partial charge in [0.05, 0.1) is 32.7 Å². The fourth-order valence-corrected chi connectivity index (χ4v) is 9.13. The first-order valence-electron chi connectivity index (χ1n) is 17.0. The Balaban J connectivity index is 1.21. The van der Waals surface area contributed by atoms with Crippen LogP contribution < -0.4 is 27.1 Å². The number of fused-ring (bicyclic) bond motifs is 14. The van der Waals surface area contributed by atoms with Gasteiger partial charge in [0.1, 0.15) is 0 Å². The SMILES string of the molecule is O=c1c2ccccc2c(=O)c2c1ccc1c3ccc4c(=O)c5c(ccc6c7ccc8c(=O)c9ccccc9c9ccc([nH]c65)c7c89)c(=O)c4c3[nH]c12. The summed E-state index contributed by atoms with van der Waals surface area (Å²) < 4.78 is 0. The Kier molecular flexibility index (Phi) is 4.82. The summed E-state index contributed by atoms with van der Waals surface area (Å²) in [5, 5.41) is 10.3. The van der Waals surface area contributed by atoms with Crippen molar-refractivity contribution in [3.05, 3.63) is 160 Å². The molecule has 0 bridgehead atoms. The summed E-state index contributed by atoms with van der Waals surface area (Å²) in [5.74, 6) is 0. The van der Waals surface area contributed by atoms with Gasteiger partial charge in [-0.2, -0.15) is 0 Å². The standard InChI is InChI=1S/C45H20N2O5/c48-41-25-6-2-1-5-19(25)20-17-18-32-34-21(9-13-28(41)33(20)34)22-10-15-30-36(38(22)46-32)44(51)31-16-12-24-23-11-14-29-35(39(23)47-40(24)37(31)45(30)52)43(50)27-8-4-3-7-26(27)42(29)49/h1-18,46-47H. The van der Waals surface area contributed by atoms with Gasteiger partial charge in [0.2, 0.25) is 0 Å². The van der Waals surface area contributed by atoms with Crippen molar-refractivity contribution in [2.75, 3.05) is 0 Å². The number of rotatable bonds is 0. The minimum atomic E-state index is -0.314. The molecule has 2 aromatic heterocycles. The molecule has 2 heterocycles. The summed E-state index contributed by atoms with van der Waals surface area (Å²) in [6.07, 6.45) is 0. The number of benzene rings is 10. The number of hydrogen-bond acceptors (Lipinski definition) is 5. The molecule has 52 heavy (non-hydrogen) atoms. The van der Waals surface area contributed by atoms with Crippen LogP contribution in [0.2, 0.25) is 0 Å². The average Bonchev–Trinajstić information content (AvgIpc) is 3.57. The van der Waals surface area contributed by atoms with Crippen LogP contribution in [0.15, 0.2) is 133 Å². The van der Waals surface area contributed by atoms with E-state index in [0.717, 1.165) is 37.8 Å². The van der Waals surface area contributed by atoms with E-state index in [-0.39, 0.29) is 48.7 Å². The van der Waals surface area contributed by atoms with Gasteiger partial charge in [-0.25, -0.2) is 0 Å². The second-order valence-electron chi connectivity index (χ2n) is 13.8. The molecule has 0 saturated heterocycles. The van der Waals surface area contributed by atoms with E-state index in [2.05, 4.69) is 9.97 Å². The molecule has 0 saturated carbocycles. The minimum absolute atomic E-state index is 0.0231. The predicted octanol–water partition coefficient (Wildman–Crippen LogP) is 8.14. The van der Waals surface area contributed by atoms with Crippen LogP contribution in [0.1, 0.15) is 0 Å². The van der Waals surface area contributed by atoms with Crippen molar-refractivity contribution in [2.45, 2.75) is 0 Å². The van der Waals surface area contributed by atoms with Crippen molar-refractivity contribution in [3.63, 3.8) is 0 Å². The van der Waals surface area contributed by atoms with E-state index < -0.39 is 0 Å². The second-order valence-corrected chi connectivity index (χ2v) is 13.8. The predicted molar refractivity (Wildman–Crippen MR) is 213 cm³/mol. The molecule has 0 spiro atoms. The summed E-state index contributed by atoms with van der Waals surface area (Å²) in [7, 11) is 0. The van der Waals surface area contributed by atoms with Crippen LogP contribution in [0, 0.1) is 0 Å². The summed E-state index contributed by atoms with van der Waals surface area (Å²) in [6.45, 7) is 0. The lowest BCUT2D eigenvalue weighted by Crippen LogP contribution is -2.14. The highest BCUT2D eigenvalue weighted by molar-refractivity contribution is 6.33. The van der Waals surface area contributed by atoms with Crippen LogP contribution in [-0.2, 0) is 0 Å². The number of aromatic amines is 2. The van der Waals surface area contributed by atoms with E-state index in [9.17, 15) is 24.0 Å². The summed E-state index contributed by atoms with van der Waals surface area (Å²) in [6, 6.07) is 32.7. The number of H-pyrrole nitrogens is 2. The molecule has 0 fully saturated rings. The number of pyridine rings is 1. The first-order valence-corrected chi connectivity index (χ1v) is 17.0. The molecule has 12 rings (SSSR count). The molecular formula is C45H20N2O5. The maximum atomic E-state index is 14.6. The molecule has 0 aliphatic heterocycles. The van der Waals surface area contributed by atoms with Gasteiger partial charge in [0.15, 0.2) is 27.1 Å². The van der Waals surface area contributed by atoms with Crippen LogP contribution in [0.3, 0.4) is 0 Å². The molecule has 0 atom stereocenters. The first-order chi connectivity index (χ1) is 25.4. The zero-order valence-corrected chi connectivity index (χ0v) is 26.9. The molecule has 0 aliphatic carbocycles. The number of hydrogen-bond donors (Lipinski definition) is 2. The van der Waals surface area contributed by atoms with Gasteiger partial charge in [-0.1, -0.05) is 78.9 Å². The topological polar surface area (TPSA) is 117 Å². The number of nitrogens with one attached hydrogen (secondary N) is 2. The lowest BCUT2D eigenvalue weighted by atomic mass is 9.90. The van der Waals surface area contributed by atoms with E-state index in [4.69, 9.17) is 0 Å². The minimum Gasteiger partial charge on any atom is -0.354 e. The third kappa shape index (κ3) is 3.07. The molecule has 7 heteroatoms. The molecule has 0 aliphatic rings. The molecule has 7 nitrogen and oxygen atoms in total. The van der Waals surface area contributed by atoms with E-state index in [1.165, 1.54) is 0 Å². The smallest absolute Gasteiger partial charge is 0.196 e. The summed E-state index contributed by atoms with van der Waals surface area (Å²) in [5.41, 5.74) is 1.08. The normalized spacial score (nSPS) is 12.6. The van der Waals surface area contributed by atoms with Crippen LogP contribution in [0.25, 0.3) is 119 Å². The molecule has 0 radical (unpaired) electrons. The maximum absolute atomic E-state index is 14.6. The molecule has 0 amide bonds. The van der Waals surface area contributed by atoms with Gasteiger partial charge in [-0.3, -0.25) is 24.0 Å². The van der Waals surface area contributed by atoms with Crippen LogP contribution in [-0.4, -0.2) is 9.97 Å². The van der Waals surface area contributed by atoms with Crippen LogP contribution in [0.4, 0.5) is 0 Å². The Morgan fingerprint density at radius 3 is 1.17 bits per heavy atom. The molecule has 240 valence electrons. The van der Waals surface area contributed by atoms with Gasteiger partial charge in [-0.05, 0) is 46.5 Å². The van der Waals surface area contributed by atoms with Gasteiger partial charge in [0, 0.05) is 70.2 Å². The Morgan fingerprint density at radius 2 is 0.596 bits per heavy atom. The van der Waals surface area contributed by atoms with Crippen molar-refractivity contribution < 1.29 is 0 Å². The Hall–Kier alpha value is -7.25. The molecule has 2 N–H and O–H groups in total. The highest BCUT2D eigenvalue weighted by atomic mass is 16.1. The van der Waals surface area contributed by atoms with E-state index in [0.29, 0.717) is 59.6 Å². The van der Waals surface area contributed by atoms with E-state index in [1.54, 1.807) is 54.6 Å². The largest absolute Gasteiger partial charge is 0.354 e. The van der Waals surface area contributed by atoms with Gasteiger partial charge in [-0.15, -0.1) is 0 Å². The average molecular weight is 669 g/mol. The van der Waals surface area contributed by atoms with E-state index in [1.807, 2.05) is 54.6 Å². The van der Waals surface area contributed by atoms with Gasteiger partial charge < -0.3 is 9.97 Å². The third-order valence-corrected chi connectivity index (χ3v) is 11.4. The second kappa shape index (κ2) is 9.10. The maximum Gasteiger partial charge on any atom is 0.196 e. The van der Waals surface area contributed by atoms with Crippen molar-refractivity contribution in [3.8, 4) is 0 Å². The number of aromatic nitrogens is 2. The Bertz CT molecular complexity index is 3980. The van der Waals surface area contributed by atoms with Gasteiger partial charge >= 0.3 is 0 Å². The highest BCUT2D eigenvalue weighted by Gasteiger charge is 2.22. The fourth-order valence-electron chi connectivity index (χ4n) is 9.13. The van der Waals surface area contributed by atoms with Crippen molar-refractivity contribution in [1.29, 1.82) is 0 Å². The monoisotopic (exact) mass is 668 g/mol. The molecule has 0 unspecified atom stereocenters. The molecule has 12 aromatic rings. The summed E-state index contributed by atoms with van der Waals surface area (Å²) in [4.78, 5) is 76.9. The summed E-state index contributed by atoms with van der Waals surface area (Å²) >= 11 is 0. The van der Waals surface area contributed by atoms with Crippen molar-refractivity contribution in [2.24, 2.45) is 0 Å². The van der Waals surface area contributed by atoms with Crippen molar-refractivity contribution >= 4 is 119 Å². The van der Waals surface area contributed by atoms with E-state index >= 15 is 0 Å². The first kappa shape index (κ1) is 27.6. The van der Waals surface area contributed by atoms with Crippen molar-refractivity contribution in [1.82, 2.24) is 9.97 Å². The fraction of sp³-hybridized carbons (Fsp3) is 0. The zero-order chi connectivity index (χ0) is 34.7. The third-order valence-electron chi connectivity index (χ3n) is 11.4. The lowest BCUT2D eigenvalue weighted by molar-refractivity contribution is 1.52. The lowest BCUT2D eigenvalue weighted by Gasteiger charge is -2.15. The molecule has 10 aromatic carbocycles. The molecular weight excluding hydrogens is 649 g/mol. The Labute approximate surface area is 288 Å². The highest BCUT2D eigenvalue weighted by Crippen LogP contribution is 2.40. The van der Waals surface area contributed by atoms with Gasteiger partial charge in [0.25, 0.3) is 0 Å².